The number of carboxylic acid groups (broad SMARTS) is 3. The Balaban J connectivity index is 5.67. The molecular weight excluding hydrogens is 580 g/mol. The Labute approximate surface area is 247 Å². The van der Waals surface area contributed by atoms with Gasteiger partial charge in [0.1, 0.15) is 18.1 Å². The number of nitrogens with two attached hydrogens (primary N) is 2. The minimum absolute atomic E-state index is 0.260. The van der Waals surface area contributed by atoms with Crippen molar-refractivity contribution in [2.24, 2.45) is 11.5 Å². The summed E-state index contributed by atoms with van der Waals surface area (Å²) in [6.45, 7) is 1.67. The molecule has 238 valence electrons. The highest BCUT2D eigenvalue weighted by Crippen LogP contribution is 2.06. The van der Waals surface area contributed by atoms with E-state index in [-0.39, 0.29) is 18.0 Å². The molecule has 4 amide bonds. The number of hydrogen-bond donors (Lipinski definition) is 10. The predicted octanol–water partition coefficient (Wildman–Crippen LogP) is -2.89. The van der Waals surface area contributed by atoms with Gasteiger partial charge < -0.3 is 48.1 Å². The molecule has 5 atom stereocenters. The van der Waals surface area contributed by atoms with Crippen LogP contribution in [0.4, 0.5) is 0 Å². The van der Waals surface area contributed by atoms with Crippen molar-refractivity contribution in [2.75, 3.05) is 12.3 Å². The van der Waals surface area contributed by atoms with Crippen molar-refractivity contribution < 1.29 is 53.7 Å². The maximum atomic E-state index is 12.9. The lowest BCUT2D eigenvalue weighted by atomic mass is 10.1. The number of carbonyl (C=O) groups excluding carboxylic acids is 5. The van der Waals surface area contributed by atoms with Crippen molar-refractivity contribution in [3.63, 3.8) is 0 Å². The van der Waals surface area contributed by atoms with Crippen LogP contribution >= 0.6 is 12.6 Å². The number of amides is 4. The van der Waals surface area contributed by atoms with E-state index in [1.807, 2.05) is 0 Å². The molecule has 0 aromatic heterocycles. The highest BCUT2D eigenvalue weighted by Gasteiger charge is 2.32. The number of carboxylic acids is 3. The van der Waals surface area contributed by atoms with Gasteiger partial charge in [-0.25, -0.2) is 0 Å². The van der Waals surface area contributed by atoms with Gasteiger partial charge in [0.25, 0.3) is 0 Å². The fourth-order valence-electron chi connectivity index (χ4n) is 3.49. The van der Waals surface area contributed by atoms with Crippen LogP contribution in [-0.4, -0.2) is 105 Å². The Morgan fingerprint density at radius 1 is 0.643 bits per heavy atom. The molecule has 11 N–H and O–H groups in total. The third-order valence-corrected chi connectivity index (χ3v) is 6.23. The molecule has 0 aliphatic heterocycles. The number of ketones is 1. The third-order valence-electron chi connectivity index (χ3n) is 5.87. The van der Waals surface area contributed by atoms with Gasteiger partial charge in [-0.05, 0) is 45.6 Å². The molecular formula is C24H40N6O11S. The number of aliphatic carboxylic acids is 3. The zero-order chi connectivity index (χ0) is 32.4. The van der Waals surface area contributed by atoms with Crippen LogP contribution in [0.3, 0.4) is 0 Å². The molecule has 17 nitrogen and oxygen atoms in total. The Morgan fingerprint density at radius 3 is 1.62 bits per heavy atom. The molecule has 0 unspecified atom stereocenters. The van der Waals surface area contributed by atoms with Gasteiger partial charge >= 0.3 is 17.9 Å². The number of rotatable bonds is 22. The second kappa shape index (κ2) is 20.2. The first-order chi connectivity index (χ1) is 19.6. The molecule has 18 heteroatoms. The minimum Gasteiger partial charge on any atom is -0.481 e. The molecule has 42 heavy (non-hydrogen) atoms. The largest absolute Gasteiger partial charge is 0.481 e. The number of thiol groups is 1. The fraction of sp³-hybridized carbons (Fsp3) is 0.667. The van der Waals surface area contributed by atoms with E-state index in [1.54, 1.807) is 0 Å². The molecule has 0 rings (SSSR count). The summed E-state index contributed by atoms with van der Waals surface area (Å²) in [6.07, 6.45) is -1.31. The first-order valence-corrected chi connectivity index (χ1v) is 13.7. The van der Waals surface area contributed by atoms with Crippen LogP contribution in [0.25, 0.3) is 0 Å². The van der Waals surface area contributed by atoms with Gasteiger partial charge in [0.05, 0.1) is 18.5 Å². The lowest BCUT2D eigenvalue weighted by Crippen LogP contribution is -2.59. The number of unbranched alkanes of at least 4 members (excludes halogenated alkanes) is 1. The number of Topliss-reactive ketones (excluding diaryl/α,β-unsaturated/α-hetero) is 1. The summed E-state index contributed by atoms with van der Waals surface area (Å²) in [6, 6.07) is -6.91. The lowest BCUT2D eigenvalue weighted by Gasteiger charge is -2.25. The average molecular weight is 621 g/mol. The number of hydrogen-bond acceptors (Lipinski definition) is 11. The molecule has 0 saturated carbocycles. The topological polar surface area (TPSA) is 297 Å². The van der Waals surface area contributed by atoms with Gasteiger partial charge in [-0.1, -0.05) is 0 Å². The highest BCUT2D eigenvalue weighted by atomic mass is 32.1. The lowest BCUT2D eigenvalue weighted by molar-refractivity contribution is -0.142. The third kappa shape index (κ3) is 15.9. The Morgan fingerprint density at radius 2 is 1.12 bits per heavy atom. The van der Waals surface area contributed by atoms with Crippen LogP contribution in [0.15, 0.2) is 0 Å². The van der Waals surface area contributed by atoms with Gasteiger partial charge in [0.2, 0.25) is 23.6 Å². The van der Waals surface area contributed by atoms with Crippen LogP contribution < -0.4 is 32.7 Å². The van der Waals surface area contributed by atoms with Crippen molar-refractivity contribution in [1.29, 1.82) is 0 Å². The summed E-state index contributed by atoms with van der Waals surface area (Å²) >= 11 is 4.03. The van der Waals surface area contributed by atoms with E-state index in [0.29, 0.717) is 25.8 Å². The van der Waals surface area contributed by atoms with Gasteiger partial charge in [-0.15, -0.1) is 0 Å². The number of nitrogens with one attached hydrogen (secondary N) is 4. The average Bonchev–Trinajstić information content (AvgIpc) is 2.90. The smallest absolute Gasteiger partial charge is 0.305 e. The molecule has 0 aromatic carbocycles. The summed E-state index contributed by atoms with van der Waals surface area (Å²) in [5.74, 6) is -8.65. The Kier molecular flexibility index (Phi) is 18.4. The van der Waals surface area contributed by atoms with Crippen molar-refractivity contribution in [2.45, 2.75) is 88.5 Å². The molecule has 0 saturated heterocycles. The van der Waals surface area contributed by atoms with Crippen LogP contribution in [0.1, 0.15) is 58.3 Å². The zero-order valence-electron chi connectivity index (χ0n) is 23.2. The van der Waals surface area contributed by atoms with Crippen LogP contribution in [0, 0.1) is 0 Å². The summed E-state index contributed by atoms with van der Waals surface area (Å²) < 4.78 is 0. The van der Waals surface area contributed by atoms with E-state index in [2.05, 4.69) is 33.9 Å². The molecule has 0 spiro atoms. The zero-order valence-corrected chi connectivity index (χ0v) is 24.1. The van der Waals surface area contributed by atoms with E-state index in [9.17, 15) is 43.5 Å². The van der Waals surface area contributed by atoms with E-state index in [4.69, 9.17) is 21.7 Å². The first kappa shape index (κ1) is 38.2. The molecule has 0 aliphatic carbocycles. The summed E-state index contributed by atoms with van der Waals surface area (Å²) in [5.41, 5.74) is 11.1. The van der Waals surface area contributed by atoms with Crippen molar-refractivity contribution >= 4 is 59.9 Å². The molecule has 0 heterocycles. The quantitative estimate of drug-likeness (QED) is 0.0430. The Hall–Kier alpha value is -3.77. The maximum Gasteiger partial charge on any atom is 0.305 e. The fourth-order valence-corrected chi connectivity index (χ4v) is 3.75. The first-order valence-electron chi connectivity index (χ1n) is 13.1. The second-order valence-electron chi connectivity index (χ2n) is 9.39. The summed E-state index contributed by atoms with van der Waals surface area (Å²) in [4.78, 5) is 96.2. The highest BCUT2D eigenvalue weighted by molar-refractivity contribution is 7.80. The predicted molar refractivity (Wildman–Crippen MR) is 149 cm³/mol. The summed E-state index contributed by atoms with van der Waals surface area (Å²) in [5, 5.41) is 36.1. The van der Waals surface area contributed by atoms with E-state index < -0.39 is 97.4 Å². The molecule has 0 fully saturated rings. The maximum absolute atomic E-state index is 12.9. The molecule has 0 aromatic rings. The van der Waals surface area contributed by atoms with Crippen molar-refractivity contribution in [1.82, 2.24) is 21.3 Å². The van der Waals surface area contributed by atoms with Gasteiger partial charge in [-0.2, -0.15) is 12.6 Å². The van der Waals surface area contributed by atoms with Crippen LogP contribution in [0.5, 0.6) is 0 Å². The normalized spacial score (nSPS) is 14.3. The second-order valence-corrected chi connectivity index (χ2v) is 9.76. The van der Waals surface area contributed by atoms with Gasteiger partial charge in [0.15, 0.2) is 5.78 Å². The molecule has 0 aliphatic rings. The van der Waals surface area contributed by atoms with E-state index >= 15 is 0 Å². The standard InChI is InChI=1S/C24H40N6O11S/c1-12(31)14(4-2-3-9-25)27-24(41)17(11-42)30-23(40)16(10-20(36)37)29-22(39)15(6-8-19(34)35)28-21(38)13(26)5-7-18(32)33/h13-17,42H,2-11,25-26H2,1H3,(H,27,41)(H,28,38)(H,29,39)(H,30,40)(H,32,33)(H,34,35)(H,36,37)/t13-,14-,15-,16-,17-/m0/s1. The van der Waals surface area contributed by atoms with E-state index in [0.717, 1.165) is 0 Å². The Bertz CT molecular complexity index is 996. The molecule has 0 radical (unpaired) electrons. The SMILES string of the molecule is CC(=O)[C@H](CCCCN)NC(=O)[C@H](CS)NC(=O)[C@H](CC(=O)O)NC(=O)[C@H](CCC(=O)O)NC(=O)[C@@H](N)CCC(=O)O. The van der Waals surface area contributed by atoms with Crippen LogP contribution in [-0.2, 0) is 38.4 Å². The number of carbonyl (C=O) groups is 8. The minimum atomic E-state index is -1.77. The van der Waals surface area contributed by atoms with Crippen LogP contribution in [0.2, 0.25) is 0 Å². The van der Waals surface area contributed by atoms with E-state index in [1.165, 1.54) is 6.92 Å². The van der Waals surface area contributed by atoms with Gasteiger partial charge in [0, 0.05) is 18.6 Å². The van der Waals surface area contributed by atoms with Crippen molar-refractivity contribution in [3.05, 3.63) is 0 Å². The monoisotopic (exact) mass is 620 g/mol. The molecule has 0 bridgehead atoms. The summed E-state index contributed by atoms with van der Waals surface area (Å²) in [7, 11) is 0. The van der Waals surface area contributed by atoms with Gasteiger partial charge in [-0.3, -0.25) is 38.4 Å². The van der Waals surface area contributed by atoms with Crippen molar-refractivity contribution in [3.8, 4) is 0 Å².